The second-order valence-electron chi connectivity index (χ2n) is 8.23. The van der Waals surface area contributed by atoms with Gasteiger partial charge in [-0.15, -0.1) is 0 Å². The van der Waals surface area contributed by atoms with Crippen LogP contribution >= 0.6 is 0 Å². The normalized spacial score (nSPS) is 16.5. The molecule has 2 amide bonds. The van der Waals surface area contributed by atoms with E-state index in [0.29, 0.717) is 60.4 Å². The van der Waals surface area contributed by atoms with Crippen LogP contribution in [0.25, 0.3) is 5.57 Å². The molecule has 3 aromatic rings. The van der Waals surface area contributed by atoms with Crippen LogP contribution < -0.4 is 14.5 Å². The fraction of sp³-hybridized carbons (Fsp3) is 0.231. The molecular weight excluding hydrogens is 430 g/mol. The molecule has 0 N–H and O–H groups in total. The number of aromatic nitrogens is 2. The largest absolute Gasteiger partial charge is 0.496 e. The number of ether oxygens (including phenoxy) is 1. The standard InChI is InChI=1S/C26H25N5O3/c1-18-7-5-8-19(17-18)31-24(32)22(20-9-3-4-10-21(20)34-2)23(25(31)33)29-13-15-30(16-14-29)26-27-11-6-12-28-26/h3-12,17H,13-16H2,1-2H3. The van der Waals surface area contributed by atoms with Gasteiger partial charge in [0.05, 0.1) is 18.4 Å². The van der Waals surface area contributed by atoms with Gasteiger partial charge >= 0.3 is 0 Å². The maximum absolute atomic E-state index is 13.8. The Hall–Kier alpha value is -4.20. The number of hydrogen-bond donors (Lipinski definition) is 0. The molecule has 0 atom stereocenters. The van der Waals surface area contributed by atoms with Crippen LogP contribution in [0.5, 0.6) is 5.75 Å². The predicted molar refractivity (Wildman–Crippen MR) is 129 cm³/mol. The number of amides is 2. The predicted octanol–water partition coefficient (Wildman–Crippen LogP) is 2.90. The van der Waals surface area contributed by atoms with Crippen LogP contribution in [0, 0.1) is 6.92 Å². The zero-order chi connectivity index (χ0) is 23.7. The van der Waals surface area contributed by atoms with Crippen molar-refractivity contribution in [3.05, 3.63) is 83.8 Å². The Kier molecular flexibility index (Phi) is 5.71. The lowest BCUT2D eigenvalue weighted by molar-refractivity contribution is -0.120. The Morgan fingerprint density at radius 1 is 0.824 bits per heavy atom. The molecule has 0 radical (unpaired) electrons. The SMILES string of the molecule is COc1ccccc1C1=C(N2CCN(c3ncccn3)CC2)C(=O)N(c2cccc(C)c2)C1=O. The number of carbonyl (C=O) groups is 2. The summed E-state index contributed by atoms with van der Waals surface area (Å²) in [5, 5.41) is 0. The van der Waals surface area contributed by atoms with Crippen LogP contribution in [-0.4, -0.2) is 60.0 Å². The zero-order valence-corrected chi connectivity index (χ0v) is 19.1. The summed E-state index contributed by atoms with van der Waals surface area (Å²) < 4.78 is 5.55. The van der Waals surface area contributed by atoms with Crippen molar-refractivity contribution in [2.75, 3.05) is 43.1 Å². The second kappa shape index (κ2) is 8.97. The monoisotopic (exact) mass is 455 g/mol. The van der Waals surface area contributed by atoms with Crippen LogP contribution in [0.3, 0.4) is 0 Å². The van der Waals surface area contributed by atoms with Crippen molar-refractivity contribution in [1.29, 1.82) is 0 Å². The summed E-state index contributed by atoms with van der Waals surface area (Å²) in [6.45, 7) is 4.34. The summed E-state index contributed by atoms with van der Waals surface area (Å²) in [4.78, 5) is 41.6. The maximum Gasteiger partial charge on any atom is 0.282 e. The van der Waals surface area contributed by atoms with Gasteiger partial charge in [0.25, 0.3) is 11.8 Å². The lowest BCUT2D eigenvalue weighted by Gasteiger charge is -2.36. The number of methoxy groups -OCH3 is 1. The topological polar surface area (TPSA) is 78.9 Å². The van der Waals surface area contributed by atoms with Gasteiger partial charge in [-0.2, -0.15) is 0 Å². The molecular formula is C26H25N5O3. The van der Waals surface area contributed by atoms with Gasteiger partial charge in [0, 0.05) is 44.1 Å². The van der Waals surface area contributed by atoms with Gasteiger partial charge in [-0.3, -0.25) is 9.59 Å². The van der Waals surface area contributed by atoms with Crippen molar-refractivity contribution in [2.45, 2.75) is 6.92 Å². The van der Waals surface area contributed by atoms with Gasteiger partial charge in [0.1, 0.15) is 11.4 Å². The molecule has 1 saturated heterocycles. The number of para-hydroxylation sites is 1. The van der Waals surface area contributed by atoms with Gasteiger partial charge in [-0.05, 0) is 36.8 Å². The summed E-state index contributed by atoms with van der Waals surface area (Å²) in [6.07, 6.45) is 3.44. The number of rotatable bonds is 5. The third kappa shape index (κ3) is 3.77. The molecule has 34 heavy (non-hydrogen) atoms. The first kappa shape index (κ1) is 21.6. The first-order valence-corrected chi connectivity index (χ1v) is 11.2. The summed E-state index contributed by atoms with van der Waals surface area (Å²) in [5.41, 5.74) is 2.93. The van der Waals surface area contributed by atoms with E-state index in [0.717, 1.165) is 5.56 Å². The number of piperazine rings is 1. The van der Waals surface area contributed by atoms with Crippen molar-refractivity contribution < 1.29 is 14.3 Å². The van der Waals surface area contributed by atoms with E-state index in [-0.39, 0.29) is 11.8 Å². The molecule has 0 spiro atoms. The fourth-order valence-corrected chi connectivity index (χ4v) is 4.49. The van der Waals surface area contributed by atoms with Crippen LogP contribution in [-0.2, 0) is 9.59 Å². The van der Waals surface area contributed by atoms with E-state index in [1.807, 2.05) is 48.2 Å². The van der Waals surface area contributed by atoms with Gasteiger partial charge in [0.2, 0.25) is 5.95 Å². The number of aryl methyl sites for hydroxylation is 1. The van der Waals surface area contributed by atoms with Crippen LogP contribution in [0.4, 0.5) is 11.6 Å². The van der Waals surface area contributed by atoms with E-state index < -0.39 is 0 Å². The molecule has 1 aromatic heterocycles. The summed E-state index contributed by atoms with van der Waals surface area (Å²) in [5.74, 6) is 0.555. The van der Waals surface area contributed by atoms with Crippen molar-refractivity contribution in [3.8, 4) is 5.75 Å². The number of hydrogen-bond acceptors (Lipinski definition) is 7. The van der Waals surface area contributed by atoms with Gasteiger partial charge in [-0.1, -0.05) is 30.3 Å². The molecule has 2 aliphatic rings. The average molecular weight is 456 g/mol. The highest BCUT2D eigenvalue weighted by molar-refractivity contribution is 6.45. The molecule has 8 heteroatoms. The van der Waals surface area contributed by atoms with Gasteiger partial charge in [0.15, 0.2) is 0 Å². The first-order chi connectivity index (χ1) is 16.6. The number of imide groups is 1. The van der Waals surface area contributed by atoms with Gasteiger partial charge < -0.3 is 14.5 Å². The molecule has 0 unspecified atom stereocenters. The third-order valence-corrected chi connectivity index (χ3v) is 6.13. The van der Waals surface area contributed by atoms with Crippen molar-refractivity contribution in [1.82, 2.24) is 14.9 Å². The number of nitrogens with zero attached hydrogens (tertiary/aromatic N) is 5. The minimum Gasteiger partial charge on any atom is -0.496 e. The molecule has 0 aliphatic carbocycles. The minimum atomic E-state index is -0.344. The minimum absolute atomic E-state index is 0.319. The summed E-state index contributed by atoms with van der Waals surface area (Å²) in [7, 11) is 1.57. The van der Waals surface area contributed by atoms with Crippen LogP contribution in [0.2, 0.25) is 0 Å². The molecule has 2 aromatic carbocycles. The first-order valence-electron chi connectivity index (χ1n) is 11.2. The average Bonchev–Trinajstić information content (AvgIpc) is 3.14. The maximum atomic E-state index is 13.8. The highest BCUT2D eigenvalue weighted by atomic mass is 16.5. The third-order valence-electron chi connectivity index (χ3n) is 6.13. The summed E-state index contributed by atoms with van der Waals surface area (Å²) in [6, 6.07) is 16.5. The Balaban J connectivity index is 1.54. The van der Waals surface area contributed by atoms with E-state index >= 15 is 0 Å². The summed E-state index contributed by atoms with van der Waals surface area (Å²) >= 11 is 0. The Bertz CT molecular complexity index is 1270. The molecule has 8 nitrogen and oxygen atoms in total. The molecule has 1 fully saturated rings. The fourth-order valence-electron chi connectivity index (χ4n) is 4.49. The lowest BCUT2D eigenvalue weighted by Crippen LogP contribution is -2.48. The Morgan fingerprint density at radius 2 is 1.53 bits per heavy atom. The molecule has 0 bridgehead atoms. The highest BCUT2D eigenvalue weighted by Crippen LogP contribution is 2.38. The van der Waals surface area contributed by atoms with E-state index in [9.17, 15) is 9.59 Å². The second-order valence-corrected chi connectivity index (χ2v) is 8.23. The molecule has 2 aliphatic heterocycles. The Morgan fingerprint density at radius 3 is 2.24 bits per heavy atom. The Labute approximate surface area is 198 Å². The molecule has 172 valence electrons. The van der Waals surface area contributed by atoms with Crippen molar-refractivity contribution >= 4 is 29.0 Å². The zero-order valence-electron chi connectivity index (χ0n) is 19.1. The lowest BCUT2D eigenvalue weighted by atomic mass is 10.0. The number of benzene rings is 2. The van der Waals surface area contributed by atoms with Crippen LogP contribution in [0.15, 0.2) is 72.7 Å². The molecule has 3 heterocycles. The molecule has 5 rings (SSSR count). The number of carbonyl (C=O) groups excluding carboxylic acids is 2. The van der Waals surface area contributed by atoms with E-state index in [1.165, 1.54) is 4.90 Å². The van der Waals surface area contributed by atoms with Crippen LogP contribution in [0.1, 0.15) is 11.1 Å². The highest BCUT2D eigenvalue weighted by Gasteiger charge is 2.44. The van der Waals surface area contributed by atoms with Crippen molar-refractivity contribution in [3.63, 3.8) is 0 Å². The van der Waals surface area contributed by atoms with Gasteiger partial charge in [-0.25, -0.2) is 14.9 Å². The molecule has 0 saturated carbocycles. The van der Waals surface area contributed by atoms with E-state index in [4.69, 9.17) is 4.74 Å². The quantitative estimate of drug-likeness (QED) is 0.548. The smallest absolute Gasteiger partial charge is 0.282 e. The number of anilines is 2. The van der Waals surface area contributed by atoms with E-state index in [2.05, 4.69) is 14.9 Å². The van der Waals surface area contributed by atoms with Crippen molar-refractivity contribution in [2.24, 2.45) is 0 Å². The van der Waals surface area contributed by atoms with E-state index in [1.54, 1.807) is 37.7 Å².